The minimum atomic E-state index is 0.0271. The molecule has 0 bridgehead atoms. The van der Waals surface area contributed by atoms with Gasteiger partial charge in [0.2, 0.25) is 0 Å². The number of aromatic nitrogens is 1. The quantitative estimate of drug-likeness (QED) is 0.849. The van der Waals surface area contributed by atoms with Crippen molar-refractivity contribution in [1.82, 2.24) is 4.57 Å². The molecule has 0 aliphatic rings. The van der Waals surface area contributed by atoms with E-state index in [-0.39, 0.29) is 11.6 Å². The normalized spacial score (nSPS) is 10.9. The summed E-state index contributed by atoms with van der Waals surface area (Å²) < 4.78 is 7.36. The number of hydrogen-bond donors (Lipinski definition) is 1. The number of thiol groups is 1. The fraction of sp³-hybridized carbons (Fsp3) is 0.353. The molecule has 0 fully saturated rings. The van der Waals surface area contributed by atoms with E-state index in [1.165, 1.54) is 0 Å². The molecule has 112 valence electrons. The molecule has 0 spiro atoms. The lowest BCUT2D eigenvalue weighted by Crippen LogP contribution is -2.26. The van der Waals surface area contributed by atoms with Gasteiger partial charge in [0.05, 0.1) is 12.3 Å². The van der Waals surface area contributed by atoms with Crippen LogP contribution >= 0.6 is 12.6 Å². The molecule has 0 aliphatic carbocycles. The van der Waals surface area contributed by atoms with Crippen molar-refractivity contribution in [3.8, 4) is 17.0 Å². The summed E-state index contributed by atoms with van der Waals surface area (Å²) in [5.41, 5.74) is 2.63. The largest absolute Gasteiger partial charge is 0.494 e. The highest BCUT2D eigenvalue weighted by Crippen LogP contribution is 2.25. The molecule has 0 saturated heterocycles. The van der Waals surface area contributed by atoms with Crippen molar-refractivity contribution in [1.29, 1.82) is 0 Å². The third kappa shape index (κ3) is 3.32. The van der Waals surface area contributed by atoms with Crippen LogP contribution in [0.25, 0.3) is 11.3 Å². The molecule has 2 rings (SSSR count). The smallest absolute Gasteiger partial charge is 0.255 e. The van der Waals surface area contributed by atoms with Gasteiger partial charge in [-0.05, 0) is 39.0 Å². The second-order valence-electron chi connectivity index (χ2n) is 5.13. The van der Waals surface area contributed by atoms with Crippen LogP contribution in [-0.4, -0.2) is 11.2 Å². The SMILES string of the molecule is CCOc1cccc(-c2ccc(CS)c(=O)n2C(C)C)c1. The Kier molecular flexibility index (Phi) is 5.12. The topological polar surface area (TPSA) is 31.2 Å². The highest BCUT2D eigenvalue weighted by molar-refractivity contribution is 7.79. The molecule has 1 aromatic carbocycles. The van der Waals surface area contributed by atoms with Gasteiger partial charge in [0, 0.05) is 22.9 Å². The molecule has 0 atom stereocenters. The average Bonchev–Trinajstić information content (AvgIpc) is 2.47. The lowest BCUT2D eigenvalue weighted by molar-refractivity contribution is 0.340. The van der Waals surface area contributed by atoms with Gasteiger partial charge in [-0.15, -0.1) is 0 Å². The number of pyridine rings is 1. The predicted molar refractivity (Wildman–Crippen MR) is 90.4 cm³/mol. The summed E-state index contributed by atoms with van der Waals surface area (Å²) in [5, 5.41) is 0. The van der Waals surface area contributed by atoms with Gasteiger partial charge < -0.3 is 9.30 Å². The first-order valence-corrected chi connectivity index (χ1v) is 7.80. The Morgan fingerprint density at radius 3 is 2.62 bits per heavy atom. The Labute approximate surface area is 131 Å². The number of rotatable bonds is 5. The minimum absolute atomic E-state index is 0.0271. The number of benzene rings is 1. The van der Waals surface area contributed by atoms with Crippen LogP contribution in [-0.2, 0) is 5.75 Å². The maximum atomic E-state index is 12.5. The van der Waals surface area contributed by atoms with Crippen molar-refractivity contribution in [3.05, 3.63) is 52.3 Å². The van der Waals surface area contributed by atoms with Crippen LogP contribution in [0.15, 0.2) is 41.2 Å². The summed E-state index contributed by atoms with van der Waals surface area (Å²) >= 11 is 4.23. The van der Waals surface area contributed by atoms with Gasteiger partial charge in [-0.3, -0.25) is 4.79 Å². The Morgan fingerprint density at radius 2 is 2.00 bits per heavy atom. The van der Waals surface area contributed by atoms with Crippen LogP contribution < -0.4 is 10.3 Å². The van der Waals surface area contributed by atoms with E-state index in [1.54, 1.807) is 0 Å². The van der Waals surface area contributed by atoms with Crippen molar-refractivity contribution < 1.29 is 4.74 Å². The predicted octanol–water partition coefficient (Wildman–Crippen LogP) is 3.92. The molecular formula is C17H21NO2S. The second kappa shape index (κ2) is 6.85. The van der Waals surface area contributed by atoms with E-state index >= 15 is 0 Å². The molecule has 0 unspecified atom stereocenters. The van der Waals surface area contributed by atoms with Gasteiger partial charge in [-0.25, -0.2) is 0 Å². The van der Waals surface area contributed by atoms with Crippen LogP contribution in [0.4, 0.5) is 0 Å². The van der Waals surface area contributed by atoms with Crippen LogP contribution in [0.3, 0.4) is 0 Å². The molecule has 0 amide bonds. The fourth-order valence-corrected chi connectivity index (χ4v) is 2.62. The maximum absolute atomic E-state index is 12.5. The molecule has 4 heteroatoms. The van der Waals surface area contributed by atoms with Crippen molar-refractivity contribution >= 4 is 12.6 Å². The first kappa shape index (κ1) is 15.7. The average molecular weight is 303 g/mol. The van der Waals surface area contributed by atoms with Gasteiger partial charge in [0.15, 0.2) is 0 Å². The zero-order valence-electron chi connectivity index (χ0n) is 12.7. The Hall–Kier alpha value is -1.68. The highest BCUT2D eigenvalue weighted by Gasteiger charge is 2.12. The van der Waals surface area contributed by atoms with E-state index in [0.29, 0.717) is 12.4 Å². The molecule has 0 saturated carbocycles. The second-order valence-corrected chi connectivity index (χ2v) is 5.45. The first-order chi connectivity index (χ1) is 10.1. The first-order valence-electron chi connectivity index (χ1n) is 7.17. The monoisotopic (exact) mass is 303 g/mol. The molecule has 0 N–H and O–H groups in total. The third-order valence-electron chi connectivity index (χ3n) is 3.32. The lowest BCUT2D eigenvalue weighted by atomic mass is 10.1. The van der Waals surface area contributed by atoms with Crippen molar-refractivity contribution in [2.24, 2.45) is 0 Å². The van der Waals surface area contributed by atoms with Crippen molar-refractivity contribution in [2.75, 3.05) is 6.61 Å². The molecular weight excluding hydrogens is 282 g/mol. The van der Waals surface area contributed by atoms with E-state index in [4.69, 9.17) is 4.74 Å². The molecule has 21 heavy (non-hydrogen) atoms. The highest BCUT2D eigenvalue weighted by atomic mass is 32.1. The Balaban J connectivity index is 2.61. The Bertz CT molecular complexity index is 677. The van der Waals surface area contributed by atoms with Crippen LogP contribution in [0.1, 0.15) is 32.4 Å². The molecule has 0 radical (unpaired) electrons. The van der Waals surface area contributed by atoms with Gasteiger partial charge >= 0.3 is 0 Å². The zero-order valence-corrected chi connectivity index (χ0v) is 13.6. The van der Waals surface area contributed by atoms with E-state index < -0.39 is 0 Å². The van der Waals surface area contributed by atoms with E-state index in [2.05, 4.69) is 12.6 Å². The molecule has 0 aliphatic heterocycles. The van der Waals surface area contributed by atoms with Gasteiger partial charge in [0.25, 0.3) is 5.56 Å². The number of nitrogens with zero attached hydrogens (tertiary/aromatic N) is 1. The third-order valence-corrected chi connectivity index (χ3v) is 3.66. The van der Waals surface area contributed by atoms with Crippen molar-refractivity contribution in [2.45, 2.75) is 32.6 Å². The van der Waals surface area contributed by atoms with Crippen LogP contribution in [0.5, 0.6) is 5.75 Å². The summed E-state index contributed by atoms with van der Waals surface area (Å²) in [6.07, 6.45) is 0. The lowest BCUT2D eigenvalue weighted by Gasteiger charge is -2.18. The van der Waals surface area contributed by atoms with Gasteiger partial charge in [0.1, 0.15) is 5.75 Å². The molecule has 1 aromatic heterocycles. The summed E-state index contributed by atoms with van der Waals surface area (Å²) in [5.74, 6) is 1.26. The fourth-order valence-electron chi connectivity index (χ4n) is 2.38. The van der Waals surface area contributed by atoms with Crippen LogP contribution in [0, 0.1) is 0 Å². The van der Waals surface area contributed by atoms with Crippen LogP contribution in [0.2, 0.25) is 0 Å². The summed E-state index contributed by atoms with van der Waals surface area (Å²) in [6, 6.07) is 11.8. The summed E-state index contributed by atoms with van der Waals surface area (Å²) in [4.78, 5) is 12.5. The standard InChI is InChI=1S/C17H21NO2S/c1-4-20-15-7-5-6-13(10-15)16-9-8-14(11-21)17(19)18(16)12(2)3/h5-10,12,21H,4,11H2,1-3H3. The van der Waals surface area contributed by atoms with Crippen molar-refractivity contribution in [3.63, 3.8) is 0 Å². The maximum Gasteiger partial charge on any atom is 0.255 e. The summed E-state index contributed by atoms with van der Waals surface area (Å²) in [7, 11) is 0. The van der Waals surface area contributed by atoms with E-state index in [0.717, 1.165) is 22.6 Å². The number of ether oxygens (including phenoxy) is 1. The minimum Gasteiger partial charge on any atom is -0.494 e. The molecule has 2 aromatic rings. The molecule has 3 nitrogen and oxygen atoms in total. The van der Waals surface area contributed by atoms with Gasteiger partial charge in [-0.1, -0.05) is 18.2 Å². The number of hydrogen-bond acceptors (Lipinski definition) is 3. The zero-order chi connectivity index (χ0) is 15.4. The summed E-state index contributed by atoms with van der Waals surface area (Å²) in [6.45, 7) is 6.61. The Morgan fingerprint density at radius 1 is 1.24 bits per heavy atom. The van der Waals surface area contributed by atoms with Gasteiger partial charge in [-0.2, -0.15) is 12.6 Å². The molecule has 1 heterocycles. The van der Waals surface area contributed by atoms with E-state index in [9.17, 15) is 4.79 Å². The van der Waals surface area contributed by atoms with E-state index in [1.807, 2.05) is 61.7 Å².